The van der Waals surface area contributed by atoms with Crippen LogP contribution >= 0.6 is 0 Å². The Hall–Kier alpha value is -2.96. The summed E-state index contributed by atoms with van der Waals surface area (Å²) in [6, 6.07) is 10.0. The van der Waals surface area contributed by atoms with Gasteiger partial charge >= 0.3 is 6.03 Å². The number of hydrogen-bond donors (Lipinski definition) is 1. The fourth-order valence-corrected chi connectivity index (χ4v) is 3.72. The van der Waals surface area contributed by atoms with E-state index in [1.807, 2.05) is 11.8 Å². The molecule has 30 heavy (non-hydrogen) atoms. The van der Waals surface area contributed by atoms with Crippen LogP contribution in [0.1, 0.15) is 32.6 Å². The highest BCUT2D eigenvalue weighted by atomic mass is 19.1. The van der Waals surface area contributed by atoms with Gasteiger partial charge in [-0.1, -0.05) is 19.1 Å². The van der Waals surface area contributed by atoms with E-state index in [9.17, 15) is 18.4 Å². The van der Waals surface area contributed by atoms with Crippen LogP contribution in [0.2, 0.25) is 0 Å². The standard InChI is InChI=1S/C23H27F2N3O2/c1-3-4-22(29)28-11-9-21(10-12-28)27(2)23(30)26-20-7-5-16(6-8-20)17-13-18(24)15-19(25)14-17/h5-8,13-15,21H,3-4,9-12H2,1-2H3,(H,26,30). The first-order valence-corrected chi connectivity index (χ1v) is 10.3. The number of carbonyl (C=O) groups is 2. The second-order valence-corrected chi connectivity index (χ2v) is 7.64. The molecule has 5 nitrogen and oxygen atoms in total. The van der Waals surface area contributed by atoms with Crippen LogP contribution in [0.3, 0.4) is 0 Å². The topological polar surface area (TPSA) is 52.7 Å². The molecule has 0 spiro atoms. The summed E-state index contributed by atoms with van der Waals surface area (Å²) < 4.78 is 26.8. The first kappa shape index (κ1) is 21.7. The molecule has 3 rings (SSSR count). The van der Waals surface area contributed by atoms with Gasteiger partial charge in [0.2, 0.25) is 5.91 Å². The quantitative estimate of drug-likeness (QED) is 0.756. The van der Waals surface area contributed by atoms with E-state index >= 15 is 0 Å². The summed E-state index contributed by atoms with van der Waals surface area (Å²) in [7, 11) is 1.76. The van der Waals surface area contributed by atoms with E-state index in [2.05, 4.69) is 5.32 Å². The number of rotatable bonds is 5. The van der Waals surface area contributed by atoms with Crippen molar-refractivity contribution in [1.82, 2.24) is 9.80 Å². The summed E-state index contributed by atoms with van der Waals surface area (Å²) in [6.07, 6.45) is 2.92. The lowest BCUT2D eigenvalue weighted by Gasteiger charge is -2.36. The van der Waals surface area contributed by atoms with Crippen LogP contribution in [-0.2, 0) is 4.79 Å². The number of halogens is 2. The van der Waals surface area contributed by atoms with Gasteiger partial charge in [-0.25, -0.2) is 13.6 Å². The SMILES string of the molecule is CCCC(=O)N1CCC(N(C)C(=O)Nc2ccc(-c3cc(F)cc(F)c3)cc2)CC1. The van der Waals surface area contributed by atoms with Gasteiger partial charge in [-0.2, -0.15) is 0 Å². The molecule has 1 aliphatic heterocycles. The number of nitrogens with zero attached hydrogens (tertiary/aromatic N) is 2. The minimum atomic E-state index is -0.633. The van der Waals surface area contributed by atoms with E-state index in [1.54, 1.807) is 36.2 Å². The molecule has 3 amide bonds. The lowest BCUT2D eigenvalue weighted by molar-refractivity contribution is -0.132. The van der Waals surface area contributed by atoms with E-state index in [1.165, 1.54) is 12.1 Å². The average molecular weight is 415 g/mol. The minimum Gasteiger partial charge on any atom is -0.343 e. The molecule has 2 aromatic rings. The van der Waals surface area contributed by atoms with E-state index < -0.39 is 11.6 Å². The van der Waals surface area contributed by atoms with Gasteiger partial charge in [-0.3, -0.25) is 4.79 Å². The molecule has 1 heterocycles. The summed E-state index contributed by atoms with van der Waals surface area (Å²) in [5, 5.41) is 2.85. The largest absolute Gasteiger partial charge is 0.343 e. The number of benzene rings is 2. The molecule has 0 saturated carbocycles. The van der Waals surface area contributed by atoms with Crippen molar-refractivity contribution in [3.8, 4) is 11.1 Å². The van der Waals surface area contributed by atoms with Crippen LogP contribution in [0.4, 0.5) is 19.3 Å². The van der Waals surface area contributed by atoms with Crippen LogP contribution in [0.5, 0.6) is 0 Å². The van der Waals surface area contributed by atoms with Gasteiger partial charge in [-0.15, -0.1) is 0 Å². The lowest BCUT2D eigenvalue weighted by Crippen LogP contribution is -2.48. The Morgan fingerprint density at radius 1 is 1.03 bits per heavy atom. The summed E-state index contributed by atoms with van der Waals surface area (Å²) in [4.78, 5) is 28.2. The van der Waals surface area contributed by atoms with E-state index in [0.717, 1.165) is 25.3 Å². The third-order valence-electron chi connectivity index (χ3n) is 5.48. The number of amides is 3. The molecule has 1 N–H and O–H groups in total. The summed E-state index contributed by atoms with van der Waals surface area (Å²) in [5.41, 5.74) is 1.69. The third-order valence-corrected chi connectivity index (χ3v) is 5.48. The Morgan fingerprint density at radius 3 is 2.20 bits per heavy atom. The van der Waals surface area contributed by atoms with Crippen LogP contribution < -0.4 is 5.32 Å². The molecule has 0 radical (unpaired) electrons. The van der Waals surface area contributed by atoms with E-state index in [4.69, 9.17) is 0 Å². The number of hydrogen-bond acceptors (Lipinski definition) is 2. The predicted octanol–water partition coefficient (Wildman–Crippen LogP) is 4.89. The fraction of sp³-hybridized carbons (Fsp3) is 0.391. The Kier molecular flexibility index (Phi) is 7.03. The zero-order valence-electron chi connectivity index (χ0n) is 17.3. The summed E-state index contributed by atoms with van der Waals surface area (Å²) in [6.45, 7) is 3.33. The Bertz CT molecular complexity index is 874. The molecular formula is C23H27F2N3O2. The molecule has 160 valence electrons. The molecule has 0 atom stereocenters. The van der Waals surface area contributed by atoms with Gasteiger partial charge in [-0.05, 0) is 54.7 Å². The van der Waals surface area contributed by atoms with Gasteiger partial charge < -0.3 is 15.1 Å². The van der Waals surface area contributed by atoms with Crippen LogP contribution in [0.15, 0.2) is 42.5 Å². The summed E-state index contributed by atoms with van der Waals surface area (Å²) in [5.74, 6) is -1.08. The van der Waals surface area contributed by atoms with Crippen molar-refractivity contribution in [1.29, 1.82) is 0 Å². The van der Waals surface area contributed by atoms with Crippen molar-refractivity contribution >= 4 is 17.6 Å². The molecular weight excluding hydrogens is 388 g/mol. The Balaban J connectivity index is 1.56. The number of nitrogens with one attached hydrogen (secondary N) is 1. The smallest absolute Gasteiger partial charge is 0.321 e. The zero-order chi connectivity index (χ0) is 21.7. The average Bonchev–Trinajstić information content (AvgIpc) is 2.73. The third kappa shape index (κ3) is 5.34. The first-order chi connectivity index (χ1) is 14.4. The van der Waals surface area contributed by atoms with E-state index in [0.29, 0.717) is 36.3 Å². The Morgan fingerprint density at radius 2 is 1.63 bits per heavy atom. The van der Waals surface area contributed by atoms with Crippen molar-refractivity contribution in [3.05, 3.63) is 54.1 Å². The maximum atomic E-state index is 13.4. The summed E-state index contributed by atoms with van der Waals surface area (Å²) >= 11 is 0. The number of carbonyl (C=O) groups excluding carboxylic acids is 2. The highest BCUT2D eigenvalue weighted by Gasteiger charge is 2.27. The monoisotopic (exact) mass is 415 g/mol. The fourth-order valence-electron chi connectivity index (χ4n) is 3.72. The molecule has 2 aromatic carbocycles. The molecule has 0 bridgehead atoms. The molecule has 7 heteroatoms. The predicted molar refractivity (Wildman–Crippen MR) is 113 cm³/mol. The van der Waals surface area contributed by atoms with Gasteiger partial charge in [0.25, 0.3) is 0 Å². The van der Waals surface area contributed by atoms with Crippen molar-refractivity contribution in [2.45, 2.75) is 38.6 Å². The highest BCUT2D eigenvalue weighted by Crippen LogP contribution is 2.24. The van der Waals surface area contributed by atoms with Crippen molar-refractivity contribution in [3.63, 3.8) is 0 Å². The molecule has 0 aromatic heterocycles. The van der Waals surface area contributed by atoms with Gasteiger partial charge in [0.1, 0.15) is 11.6 Å². The minimum absolute atomic E-state index is 0.0743. The van der Waals surface area contributed by atoms with Crippen LogP contribution in [0.25, 0.3) is 11.1 Å². The number of piperidine rings is 1. The second kappa shape index (κ2) is 9.69. The van der Waals surface area contributed by atoms with Crippen LogP contribution in [-0.4, -0.2) is 47.9 Å². The molecule has 1 fully saturated rings. The van der Waals surface area contributed by atoms with Gasteiger partial charge in [0, 0.05) is 44.4 Å². The Labute approximate surface area is 175 Å². The normalized spacial score (nSPS) is 14.5. The lowest BCUT2D eigenvalue weighted by atomic mass is 10.0. The highest BCUT2D eigenvalue weighted by molar-refractivity contribution is 5.89. The number of anilines is 1. The van der Waals surface area contributed by atoms with Gasteiger partial charge in [0.05, 0.1) is 0 Å². The molecule has 1 saturated heterocycles. The zero-order valence-corrected chi connectivity index (χ0v) is 17.3. The van der Waals surface area contributed by atoms with E-state index in [-0.39, 0.29) is 18.0 Å². The maximum Gasteiger partial charge on any atom is 0.321 e. The second-order valence-electron chi connectivity index (χ2n) is 7.64. The first-order valence-electron chi connectivity index (χ1n) is 10.3. The molecule has 1 aliphatic rings. The van der Waals surface area contributed by atoms with Gasteiger partial charge in [0.15, 0.2) is 0 Å². The van der Waals surface area contributed by atoms with Crippen molar-refractivity contribution in [2.24, 2.45) is 0 Å². The molecule has 0 unspecified atom stereocenters. The van der Waals surface area contributed by atoms with Crippen molar-refractivity contribution < 1.29 is 18.4 Å². The molecule has 0 aliphatic carbocycles. The number of likely N-dealkylation sites (tertiary alicyclic amines) is 1. The van der Waals surface area contributed by atoms with Crippen LogP contribution in [0, 0.1) is 11.6 Å². The maximum absolute atomic E-state index is 13.4. The number of urea groups is 1. The van der Waals surface area contributed by atoms with Crippen molar-refractivity contribution in [2.75, 3.05) is 25.5 Å².